The lowest BCUT2D eigenvalue weighted by Crippen LogP contribution is -2.23. The molecule has 1 aromatic heterocycles. The first-order chi connectivity index (χ1) is 8.56. The minimum atomic E-state index is -0.781. The number of nitrogens with zero attached hydrogens (tertiary/aromatic N) is 3. The molecule has 7 heteroatoms. The van der Waals surface area contributed by atoms with Gasteiger partial charge in [-0.3, -0.25) is 9.59 Å². The number of aromatic nitrogens is 2. The predicted molar refractivity (Wildman–Crippen MR) is 63.1 cm³/mol. The molecule has 18 heavy (non-hydrogen) atoms. The highest BCUT2D eigenvalue weighted by atomic mass is 16.4. The van der Waals surface area contributed by atoms with Gasteiger partial charge in [0.2, 0.25) is 0 Å². The monoisotopic (exact) mass is 250 g/mol. The second-order valence-corrected chi connectivity index (χ2v) is 4.34. The van der Waals surface area contributed by atoms with E-state index >= 15 is 0 Å². The van der Waals surface area contributed by atoms with Crippen LogP contribution in [0.1, 0.15) is 23.3 Å². The highest BCUT2D eigenvalue weighted by Crippen LogP contribution is 2.23. The molecule has 0 aromatic carbocycles. The fraction of sp³-hybridized carbons (Fsp3) is 0.455. The first-order valence-corrected chi connectivity index (χ1v) is 5.66. The maximum atomic E-state index is 10.8. The minimum Gasteiger partial charge on any atom is -0.481 e. The summed E-state index contributed by atoms with van der Waals surface area (Å²) in [6.45, 7) is 1.40. The molecular weight excluding hydrogens is 236 g/mol. The molecule has 0 bridgehead atoms. The van der Waals surface area contributed by atoms with Crippen LogP contribution in [0.15, 0.2) is 12.1 Å². The lowest BCUT2D eigenvalue weighted by molar-refractivity contribution is -0.137. The number of carbonyl (C=O) groups excluding carboxylic acids is 1. The third kappa shape index (κ3) is 2.73. The summed E-state index contributed by atoms with van der Waals surface area (Å²) in [6.07, 6.45) is 0.995. The van der Waals surface area contributed by atoms with Gasteiger partial charge in [0.15, 0.2) is 11.5 Å². The van der Waals surface area contributed by atoms with Crippen LogP contribution >= 0.6 is 0 Å². The molecule has 0 spiro atoms. The second-order valence-electron chi connectivity index (χ2n) is 4.34. The van der Waals surface area contributed by atoms with Crippen molar-refractivity contribution in [2.75, 3.05) is 18.0 Å². The van der Waals surface area contributed by atoms with Gasteiger partial charge >= 0.3 is 5.97 Å². The van der Waals surface area contributed by atoms with Crippen molar-refractivity contribution in [3.8, 4) is 0 Å². The fourth-order valence-corrected chi connectivity index (χ4v) is 2.08. The maximum Gasteiger partial charge on any atom is 0.303 e. The van der Waals surface area contributed by atoms with Crippen LogP contribution in [0.3, 0.4) is 0 Å². The summed E-state index contributed by atoms with van der Waals surface area (Å²) in [5.74, 6) is -0.607. The molecule has 1 aliphatic rings. The number of hydrogen-bond donors (Lipinski definition) is 2. The number of nitrogens with two attached hydrogens (primary N) is 1. The van der Waals surface area contributed by atoms with E-state index in [1.54, 1.807) is 6.07 Å². The minimum absolute atomic E-state index is 0.125. The van der Waals surface area contributed by atoms with Crippen molar-refractivity contribution >= 4 is 17.7 Å². The third-order valence-corrected chi connectivity index (χ3v) is 2.98. The predicted octanol–water partition coefficient (Wildman–Crippen LogP) is -0.124. The zero-order chi connectivity index (χ0) is 13.1. The van der Waals surface area contributed by atoms with Crippen molar-refractivity contribution in [1.29, 1.82) is 0 Å². The Bertz CT molecular complexity index is 460. The van der Waals surface area contributed by atoms with Gasteiger partial charge in [0.05, 0.1) is 0 Å². The van der Waals surface area contributed by atoms with Crippen molar-refractivity contribution < 1.29 is 14.7 Å². The molecule has 96 valence electrons. The van der Waals surface area contributed by atoms with Crippen LogP contribution in [0, 0.1) is 5.92 Å². The third-order valence-electron chi connectivity index (χ3n) is 2.98. The Hall–Kier alpha value is -2.18. The van der Waals surface area contributed by atoms with Gasteiger partial charge in [-0.2, -0.15) is 0 Å². The zero-order valence-electron chi connectivity index (χ0n) is 9.74. The number of carboxylic acid groups (broad SMARTS) is 1. The Kier molecular flexibility index (Phi) is 3.40. The van der Waals surface area contributed by atoms with Crippen LogP contribution in [-0.2, 0) is 4.79 Å². The van der Waals surface area contributed by atoms with Crippen LogP contribution < -0.4 is 10.6 Å². The van der Waals surface area contributed by atoms with Crippen molar-refractivity contribution in [2.24, 2.45) is 11.7 Å². The van der Waals surface area contributed by atoms with Crippen molar-refractivity contribution in [3.63, 3.8) is 0 Å². The zero-order valence-corrected chi connectivity index (χ0v) is 9.74. The number of carbonyl (C=O) groups is 2. The largest absolute Gasteiger partial charge is 0.481 e. The normalized spacial score (nSPS) is 18.9. The average molecular weight is 250 g/mol. The molecule has 1 atom stereocenters. The van der Waals surface area contributed by atoms with E-state index in [1.165, 1.54) is 6.07 Å². The number of rotatable bonds is 4. The van der Waals surface area contributed by atoms with E-state index in [-0.39, 0.29) is 18.0 Å². The van der Waals surface area contributed by atoms with Crippen LogP contribution in [0.4, 0.5) is 5.82 Å². The SMILES string of the molecule is NC(=O)c1ccc(N2CCC(CC(=O)O)C2)nn1. The first-order valence-electron chi connectivity index (χ1n) is 5.66. The molecule has 1 aliphatic heterocycles. The van der Waals surface area contributed by atoms with E-state index in [4.69, 9.17) is 10.8 Å². The fourth-order valence-electron chi connectivity index (χ4n) is 2.08. The average Bonchev–Trinajstić information content (AvgIpc) is 2.76. The highest BCUT2D eigenvalue weighted by molar-refractivity contribution is 5.90. The number of aliphatic carboxylic acids is 1. The number of primary amides is 1. The first kappa shape index (κ1) is 12.3. The smallest absolute Gasteiger partial charge is 0.303 e. The Balaban J connectivity index is 2.01. The summed E-state index contributed by atoms with van der Waals surface area (Å²) in [5, 5.41) is 16.4. The number of hydrogen-bond acceptors (Lipinski definition) is 5. The Morgan fingerprint density at radius 1 is 1.44 bits per heavy atom. The molecule has 1 unspecified atom stereocenters. The standard InChI is InChI=1S/C11H14N4O3/c12-11(18)8-1-2-9(14-13-8)15-4-3-7(6-15)5-10(16)17/h1-2,7H,3-6H2,(H2,12,18)(H,16,17). The number of amides is 1. The lowest BCUT2D eigenvalue weighted by Gasteiger charge is -2.16. The molecule has 0 radical (unpaired) electrons. The van der Waals surface area contributed by atoms with Crippen LogP contribution in [-0.4, -0.2) is 40.3 Å². The topological polar surface area (TPSA) is 109 Å². The Morgan fingerprint density at radius 2 is 2.22 bits per heavy atom. The van der Waals surface area contributed by atoms with E-state index in [0.717, 1.165) is 13.0 Å². The molecule has 2 heterocycles. The summed E-state index contributed by atoms with van der Waals surface area (Å²) >= 11 is 0. The second kappa shape index (κ2) is 4.99. The summed E-state index contributed by atoms with van der Waals surface area (Å²) < 4.78 is 0. The Labute approximate surface area is 104 Å². The van der Waals surface area contributed by atoms with Crippen LogP contribution in [0.5, 0.6) is 0 Å². The van der Waals surface area contributed by atoms with E-state index < -0.39 is 11.9 Å². The van der Waals surface area contributed by atoms with E-state index in [1.807, 2.05) is 4.90 Å². The quantitative estimate of drug-likeness (QED) is 0.770. The van der Waals surface area contributed by atoms with Crippen molar-refractivity contribution in [3.05, 3.63) is 17.8 Å². The molecule has 0 aliphatic carbocycles. The summed E-state index contributed by atoms with van der Waals surface area (Å²) in [4.78, 5) is 23.4. The molecule has 7 nitrogen and oxygen atoms in total. The van der Waals surface area contributed by atoms with Crippen LogP contribution in [0.2, 0.25) is 0 Å². The molecule has 0 saturated carbocycles. The van der Waals surface area contributed by atoms with Gasteiger partial charge in [-0.1, -0.05) is 0 Å². The van der Waals surface area contributed by atoms with Gasteiger partial charge in [-0.15, -0.1) is 10.2 Å². The molecule has 1 aromatic rings. The van der Waals surface area contributed by atoms with Gasteiger partial charge in [-0.05, 0) is 24.5 Å². The summed E-state index contributed by atoms with van der Waals surface area (Å²) in [6, 6.07) is 3.20. The lowest BCUT2D eigenvalue weighted by atomic mass is 10.1. The number of anilines is 1. The summed E-state index contributed by atoms with van der Waals surface area (Å²) in [7, 11) is 0. The van der Waals surface area contributed by atoms with Gasteiger partial charge < -0.3 is 15.7 Å². The molecule has 1 amide bonds. The van der Waals surface area contributed by atoms with Gasteiger partial charge in [0.1, 0.15) is 0 Å². The van der Waals surface area contributed by atoms with Crippen molar-refractivity contribution in [2.45, 2.75) is 12.8 Å². The van der Waals surface area contributed by atoms with Crippen LogP contribution in [0.25, 0.3) is 0 Å². The highest BCUT2D eigenvalue weighted by Gasteiger charge is 2.25. The molecule has 1 saturated heterocycles. The van der Waals surface area contributed by atoms with E-state index in [0.29, 0.717) is 12.4 Å². The van der Waals surface area contributed by atoms with Gasteiger partial charge in [-0.25, -0.2) is 0 Å². The molecule has 1 fully saturated rings. The maximum absolute atomic E-state index is 10.8. The Morgan fingerprint density at radius 3 is 2.78 bits per heavy atom. The summed E-state index contributed by atoms with van der Waals surface area (Å²) in [5.41, 5.74) is 5.20. The van der Waals surface area contributed by atoms with Gasteiger partial charge in [0, 0.05) is 19.5 Å². The number of carboxylic acids is 1. The van der Waals surface area contributed by atoms with Gasteiger partial charge in [0.25, 0.3) is 5.91 Å². The van der Waals surface area contributed by atoms with E-state index in [9.17, 15) is 9.59 Å². The molecule has 2 rings (SSSR count). The molecular formula is C11H14N4O3. The molecule has 3 N–H and O–H groups in total. The van der Waals surface area contributed by atoms with E-state index in [2.05, 4.69) is 10.2 Å². The van der Waals surface area contributed by atoms with Crippen molar-refractivity contribution in [1.82, 2.24) is 10.2 Å².